The molecule has 2 heterocycles. The van der Waals surface area contributed by atoms with Crippen LogP contribution in [-0.4, -0.2) is 72.8 Å². The number of benzene rings is 1. The minimum atomic E-state index is -0.628. The molecule has 3 N–H and O–H groups in total. The van der Waals surface area contributed by atoms with Gasteiger partial charge in [-0.1, -0.05) is 26.0 Å². The second-order valence-corrected chi connectivity index (χ2v) is 11.2. The van der Waals surface area contributed by atoms with Gasteiger partial charge in [-0.15, -0.1) is 12.4 Å². The molecule has 6 atom stereocenters. The molecule has 35 heavy (non-hydrogen) atoms. The SMILES string of the molecule is CNCc1ccc(C(=O)NCC(=O)N2C[C@@H](O)C[C@H]2B2OC3C[C@@H]4C[C@@H](C4(C)C)[C@]3(C)O2)cc1.Cl. The number of likely N-dealkylation sites (tertiary alicyclic amines) is 1. The van der Waals surface area contributed by atoms with Crippen LogP contribution in [0.2, 0.25) is 0 Å². The summed E-state index contributed by atoms with van der Waals surface area (Å²) in [7, 11) is 1.32. The molecule has 2 bridgehead atoms. The molecule has 6 rings (SSSR count). The topological polar surface area (TPSA) is 100 Å². The fourth-order valence-corrected chi connectivity index (χ4v) is 6.79. The minimum Gasteiger partial charge on any atom is -0.404 e. The van der Waals surface area contributed by atoms with E-state index in [1.807, 2.05) is 19.2 Å². The quantitative estimate of drug-likeness (QED) is 0.510. The Bertz CT molecular complexity index is 963. The van der Waals surface area contributed by atoms with Crippen LogP contribution in [0.1, 0.15) is 56.0 Å². The van der Waals surface area contributed by atoms with Crippen LogP contribution < -0.4 is 10.6 Å². The standard InChI is InChI=1S/C25H36BN3O5.ClH/c1-24(2)17-9-19(24)25(3)20(10-17)33-26(34-25)21-11-18(30)14-29(21)22(31)13-28-23(32)16-7-5-15(6-8-16)12-27-4;/h5-8,17-21,27,30H,9-14H2,1-4H3,(H,28,32);1H/t17-,18-,19-,20?,21-,25-;/m0./s1. The molecule has 2 amide bonds. The summed E-state index contributed by atoms with van der Waals surface area (Å²) in [5.74, 6) is 0.187. The molecule has 0 aromatic heterocycles. The number of carbonyl (C=O) groups is 2. The Labute approximate surface area is 214 Å². The predicted octanol–water partition coefficient (Wildman–Crippen LogP) is 1.79. The van der Waals surface area contributed by atoms with Crippen molar-refractivity contribution in [2.75, 3.05) is 20.1 Å². The number of β-amino-alcohol motifs (C(OH)–C–C–N with tert-alkyl or cyclic N) is 1. The van der Waals surface area contributed by atoms with Crippen molar-refractivity contribution in [3.05, 3.63) is 35.4 Å². The summed E-state index contributed by atoms with van der Waals surface area (Å²) in [6, 6.07) is 7.29. The summed E-state index contributed by atoms with van der Waals surface area (Å²) < 4.78 is 12.9. The van der Waals surface area contributed by atoms with Crippen LogP contribution >= 0.6 is 12.4 Å². The van der Waals surface area contributed by atoms with Crippen LogP contribution in [0.3, 0.4) is 0 Å². The van der Waals surface area contributed by atoms with E-state index in [0.717, 1.165) is 24.9 Å². The van der Waals surface area contributed by atoms with Crippen molar-refractivity contribution in [3.63, 3.8) is 0 Å². The smallest absolute Gasteiger partial charge is 0.404 e. The third-order valence-electron chi connectivity index (χ3n) is 8.92. The van der Waals surface area contributed by atoms with Crippen LogP contribution in [0.25, 0.3) is 0 Å². The molecule has 1 aromatic rings. The molecule has 5 aliphatic rings. The van der Waals surface area contributed by atoms with E-state index < -0.39 is 13.2 Å². The summed E-state index contributed by atoms with van der Waals surface area (Å²) in [6.07, 6.45) is 1.95. The minimum absolute atomic E-state index is 0. The van der Waals surface area contributed by atoms with Crippen LogP contribution in [0, 0.1) is 17.3 Å². The first-order valence-electron chi connectivity index (χ1n) is 12.5. The van der Waals surface area contributed by atoms with Crippen LogP contribution in [0.5, 0.6) is 0 Å². The van der Waals surface area contributed by atoms with Crippen molar-refractivity contribution in [1.29, 1.82) is 0 Å². The molecule has 2 aliphatic heterocycles. The Morgan fingerprint density at radius 3 is 2.54 bits per heavy atom. The zero-order valence-electron chi connectivity index (χ0n) is 21.0. The van der Waals surface area contributed by atoms with Gasteiger partial charge < -0.3 is 29.9 Å². The maximum Gasteiger partial charge on any atom is 0.482 e. The van der Waals surface area contributed by atoms with Gasteiger partial charge in [0.25, 0.3) is 5.91 Å². The van der Waals surface area contributed by atoms with Crippen molar-refractivity contribution in [1.82, 2.24) is 15.5 Å². The van der Waals surface area contributed by atoms with Gasteiger partial charge in [0.1, 0.15) is 0 Å². The fourth-order valence-electron chi connectivity index (χ4n) is 6.79. The van der Waals surface area contributed by atoms with Gasteiger partial charge in [-0.25, -0.2) is 0 Å². The summed E-state index contributed by atoms with van der Waals surface area (Å²) in [5, 5.41) is 16.2. The highest BCUT2D eigenvalue weighted by atomic mass is 35.5. The number of hydrogen-bond acceptors (Lipinski definition) is 6. The molecule has 192 valence electrons. The first kappa shape index (κ1) is 26.4. The zero-order valence-corrected chi connectivity index (χ0v) is 21.8. The Balaban J connectivity index is 0.00000289. The molecule has 8 nitrogen and oxygen atoms in total. The lowest BCUT2D eigenvalue weighted by atomic mass is 9.43. The third kappa shape index (κ3) is 4.50. The monoisotopic (exact) mass is 505 g/mol. The first-order valence-corrected chi connectivity index (χ1v) is 12.5. The normalized spacial score (nSPS) is 34.6. The number of aliphatic hydroxyl groups is 1. The summed E-state index contributed by atoms with van der Waals surface area (Å²) in [6.45, 7) is 7.60. The van der Waals surface area contributed by atoms with E-state index >= 15 is 0 Å². The van der Waals surface area contributed by atoms with Gasteiger partial charge in [-0.2, -0.15) is 0 Å². The van der Waals surface area contributed by atoms with Gasteiger partial charge in [0.2, 0.25) is 5.91 Å². The second-order valence-electron chi connectivity index (χ2n) is 11.2. The fraction of sp³-hybridized carbons (Fsp3) is 0.680. The van der Waals surface area contributed by atoms with E-state index in [-0.39, 0.29) is 60.4 Å². The number of amides is 2. The number of nitrogens with one attached hydrogen (secondary N) is 2. The van der Waals surface area contributed by atoms with Crippen molar-refractivity contribution < 1.29 is 24.0 Å². The summed E-state index contributed by atoms with van der Waals surface area (Å²) in [4.78, 5) is 27.3. The number of rotatable bonds is 6. The number of aliphatic hydroxyl groups excluding tert-OH is 1. The third-order valence-corrected chi connectivity index (χ3v) is 8.92. The average Bonchev–Trinajstić information content (AvgIpc) is 3.37. The largest absolute Gasteiger partial charge is 0.482 e. The Hall–Kier alpha value is -1.65. The lowest BCUT2D eigenvalue weighted by molar-refractivity contribution is -0.199. The van der Waals surface area contributed by atoms with Gasteiger partial charge in [0, 0.05) is 18.7 Å². The molecule has 5 fully saturated rings. The highest BCUT2D eigenvalue weighted by Crippen LogP contribution is 2.65. The molecule has 10 heteroatoms. The number of halogens is 1. The van der Waals surface area contributed by atoms with Crippen LogP contribution in [-0.2, 0) is 20.6 Å². The molecule has 3 aliphatic carbocycles. The van der Waals surface area contributed by atoms with Crippen molar-refractivity contribution in [3.8, 4) is 0 Å². The molecule has 0 spiro atoms. The molecular weight excluding hydrogens is 469 g/mol. The highest BCUT2D eigenvalue weighted by molar-refractivity contribution is 6.48. The Morgan fingerprint density at radius 2 is 1.89 bits per heavy atom. The van der Waals surface area contributed by atoms with Gasteiger partial charge in [0.15, 0.2) is 0 Å². The average molecular weight is 506 g/mol. The molecule has 2 saturated heterocycles. The van der Waals surface area contributed by atoms with E-state index in [2.05, 4.69) is 31.4 Å². The number of carbonyl (C=O) groups excluding carboxylic acids is 2. The predicted molar refractivity (Wildman–Crippen MR) is 135 cm³/mol. The van der Waals surface area contributed by atoms with E-state index in [1.165, 1.54) is 0 Å². The highest BCUT2D eigenvalue weighted by Gasteiger charge is 2.69. The maximum atomic E-state index is 13.1. The maximum absolute atomic E-state index is 13.1. The van der Waals surface area contributed by atoms with Gasteiger partial charge in [-0.05, 0) is 68.2 Å². The van der Waals surface area contributed by atoms with Crippen molar-refractivity contribution in [2.45, 2.75) is 70.3 Å². The Morgan fingerprint density at radius 1 is 1.17 bits per heavy atom. The first-order chi connectivity index (χ1) is 16.1. The molecule has 0 radical (unpaired) electrons. The second kappa shape index (κ2) is 9.67. The van der Waals surface area contributed by atoms with Gasteiger partial charge in [-0.3, -0.25) is 9.59 Å². The lowest BCUT2D eigenvalue weighted by Crippen LogP contribution is -2.65. The van der Waals surface area contributed by atoms with Gasteiger partial charge >= 0.3 is 7.12 Å². The van der Waals surface area contributed by atoms with E-state index in [0.29, 0.717) is 23.8 Å². The van der Waals surface area contributed by atoms with Crippen LogP contribution in [0.15, 0.2) is 24.3 Å². The molecule has 1 unspecified atom stereocenters. The number of hydrogen-bond donors (Lipinski definition) is 3. The summed E-state index contributed by atoms with van der Waals surface area (Å²) >= 11 is 0. The van der Waals surface area contributed by atoms with E-state index in [4.69, 9.17) is 9.31 Å². The van der Waals surface area contributed by atoms with Crippen molar-refractivity contribution >= 4 is 31.3 Å². The lowest BCUT2D eigenvalue weighted by Gasteiger charge is -2.64. The summed E-state index contributed by atoms with van der Waals surface area (Å²) in [5.41, 5.74) is 1.46. The number of nitrogens with zero attached hydrogens (tertiary/aromatic N) is 1. The zero-order chi connectivity index (χ0) is 24.3. The van der Waals surface area contributed by atoms with E-state index in [1.54, 1.807) is 17.0 Å². The molecule has 1 aromatic carbocycles. The molecular formula is C25H37BClN3O5. The van der Waals surface area contributed by atoms with Crippen molar-refractivity contribution in [2.24, 2.45) is 17.3 Å². The Kier molecular flexibility index (Phi) is 7.30. The van der Waals surface area contributed by atoms with E-state index in [9.17, 15) is 14.7 Å². The van der Waals surface area contributed by atoms with Gasteiger partial charge in [0.05, 0.1) is 30.3 Å². The van der Waals surface area contributed by atoms with Crippen LogP contribution in [0.4, 0.5) is 0 Å². The molecule has 3 saturated carbocycles.